The molecule has 218 valence electrons. The molecule has 1 aromatic heterocycles. The van der Waals surface area contributed by atoms with Crippen LogP contribution in [-0.2, 0) is 35.1 Å². The summed E-state index contributed by atoms with van der Waals surface area (Å²) in [5.41, 5.74) is 0.160. The monoisotopic (exact) mass is 556 g/mol. The van der Waals surface area contributed by atoms with Gasteiger partial charge in [0.2, 0.25) is 0 Å². The minimum Gasteiger partial charge on any atom is -0.462 e. The van der Waals surface area contributed by atoms with Gasteiger partial charge in [0.05, 0.1) is 12.0 Å². The third kappa shape index (κ3) is 4.38. The number of carbonyl (C=O) groups is 3. The molecule has 2 aliphatic carbocycles. The normalized spacial score (nSPS) is 42.2. The van der Waals surface area contributed by atoms with Crippen LogP contribution in [-0.4, -0.2) is 76.5 Å². The molecule has 10 heteroatoms. The molecule has 4 heterocycles. The van der Waals surface area contributed by atoms with Gasteiger partial charge in [-0.15, -0.1) is 0 Å². The number of rotatable bonds is 4. The number of hydrogen-bond acceptors (Lipinski definition) is 9. The van der Waals surface area contributed by atoms with Crippen LogP contribution in [0.25, 0.3) is 0 Å². The largest absolute Gasteiger partial charge is 0.462 e. The van der Waals surface area contributed by atoms with E-state index < -0.39 is 53.6 Å². The van der Waals surface area contributed by atoms with Crippen molar-refractivity contribution in [1.82, 2.24) is 9.47 Å². The highest BCUT2D eigenvalue weighted by molar-refractivity contribution is 5.76. The number of ether oxygens (including phenoxy) is 3. The number of nitrogens with zero attached hydrogens (tertiary/aromatic N) is 2. The predicted octanol–water partition coefficient (Wildman–Crippen LogP) is 1.72. The van der Waals surface area contributed by atoms with Crippen LogP contribution in [0.2, 0.25) is 0 Å². The molecule has 6 rings (SSSR count). The number of carbonyl (C=O) groups excluding carboxylic acids is 3. The summed E-state index contributed by atoms with van der Waals surface area (Å²) >= 11 is 0. The van der Waals surface area contributed by atoms with Gasteiger partial charge in [-0.1, -0.05) is 19.9 Å². The molecular weight excluding hydrogens is 516 g/mol. The van der Waals surface area contributed by atoms with Crippen molar-refractivity contribution in [1.29, 1.82) is 0 Å². The summed E-state index contributed by atoms with van der Waals surface area (Å²) in [4.78, 5) is 52.2. The van der Waals surface area contributed by atoms with Crippen molar-refractivity contribution in [2.24, 2.45) is 35.0 Å². The van der Waals surface area contributed by atoms with Crippen LogP contribution in [0.5, 0.6) is 0 Å². The van der Waals surface area contributed by atoms with Crippen molar-refractivity contribution in [3.05, 3.63) is 34.2 Å². The molecule has 3 aliphatic heterocycles. The summed E-state index contributed by atoms with van der Waals surface area (Å²) in [6.45, 7) is 9.30. The Morgan fingerprint density at radius 1 is 1.07 bits per heavy atom. The van der Waals surface area contributed by atoms with Crippen LogP contribution in [0, 0.1) is 35.0 Å². The molecule has 0 unspecified atom stereocenters. The van der Waals surface area contributed by atoms with E-state index in [4.69, 9.17) is 14.2 Å². The number of hydrogen-bond donors (Lipinski definition) is 1. The van der Waals surface area contributed by atoms with Crippen molar-refractivity contribution < 1.29 is 33.7 Å². The number of piperidine rings is 1. The maximum absolute atomic E-state index is 13.4. The first kappa shape index (κ1) is 27.4. The van der Waals surface area contributed by atoms with Crippen molar-refractivity contribution in [3.8, 4) is 0 Å². The first-order chi connectivity index (χ1) is 19.0. The first-order valence-corrected chi connectivity index (χ1v) is 14.6. The van der Waals surface area contributed by atoms with Gasteiger partial charge in [0.1, 0.15) is 18.3 Å². The van der Waals surface area contributed by atoms with E-state index in [0.717, 1.165) is 25.2 Å². The molecular formula is C30H40N2O8. The van der Waals surface area contributed by atoms with E-state index in [1.807, 2.05) is 30.5 Å². The van der Waals surface area contributed by atoms with Gasteiger partial charge < -0.3 is 28.8 Å². The number of likely N-dealkylation sites (tertiary alicyclic amines) is 1. The van der Waals surface area contributed by atoms with Gasteiger partial charge in [0, 0.05) is 81.4 Å². The van der Waals surface area contributed by atoms with Gasteiger partial charge in [-0.3, -0.25) is 19.2 Å². The zero-order chi connectivity index (χ0) is 28.5. The predicted molar refractivity (Wildman–Crippen MR) is 142 cm³/mol. The molecule has 4 fully saturated rings. The Morgan fingerprint density at radius 3 is 2.55 bits per heavy atom. The summed E-state index contributed by atoms with van der Waals surface area (Å²) in [7, 11) is 0. The van der Waals surface area contributed by atoms with Crippen LogP contribution in [0.3, 0.4) is 0 Å². The Balaban J connectivity index is 1.29. The smallest absolute Gasteiger partial charge is 0.311 e. The zero-order valence-corrected chi connectivity index (χ0v) is 23.7. The van der Waals surface area contributed by atoms with Gasteiger partial charge in [0.15, 0.2) is 0 Å². The van der Waals surface area contributed by atoms with Crippen LogP contribution in [0.4, 0.5) is 0 Å². The van der Waals surface area contributed by atoms with E-state index in [9.17, 15) is 24.3 Å². The number of aliphatic hydroxyl groups excluding tert-OH is 1. The molecule has 0 radical (unpaired) electrons. The summed E-state index contributed by atoms with van der Waals surface area (Å²) in [6, 6.07) is 5.45. The van der Waals surface area contributed by atoms with Crippen LogP contribution >= 0.6 is 0 Å². The van der Waals surface area contributed by atoms with Crippen LogP contribution < -0.4 is 5.56 Å². The van der Waals surface area contributed by atoms with Gasteiger partial charge in [-0.25, -0.2) is 0 Å². The molecule has 0 spiro atoms. The third-order valence-corrected chi connectivity index (χ3v) is 10.6. The third-order valence-electron chi connectivity index (χ3n) is 10.6. The number of fused-ring (bicyclic) bond motifs is 6. The van der Waals surface area contributed by atoms with Gasteiger partial charge >= 0.3 is 17.9 Å². The second-order valence-electron chi connectivity index (χ2n) is 13.1. The fraction of sp³-hybridized carbons (Fsp3) is 0.733. The maximum Gasteiger partial charge on any atom is 0.311 e. The Hall–Kier alpha value is -2.72. The van der Waals surface area contributed by atoms with Gasteiger partial charge in [-0.2, -0.15) is 0 Å². The highest BCUT2D eigenvalue weighted by Gasteiger charge is 2.67. The highest BCUT2D eigenvalue weighted by atomic mass is 16.6. The second-order valence-corrected chi connectivity index (χ2v) is 13.1. The Kier molecular flexibility index (Phi) is 6.85. The molecule has 2 bridgehead atoms. The Morgan fingerprint density at radius 2 is 1.82 bits per heavy atom. The number of esters is 3. The fourth-order valence-corrected chi connectivity index (χ4v) is 9.21. The van der Waals surface area contributed by atoms with E-state index in [1.165, 1.54) is 13.8 Å². The summed E-state index contributed by atoms with van der Waals surface area (Å²) in [5.74, 6) is -1.96. The molecule has 0 amide bonds. The Labute approximate surface area is 233 Å². The van der Waals surface area contributed by atoms with Crippen molar-refractivity contribution in [3.63, 3.8) is 0 Å². The molecule has 40 heavy (non-hydrogen) atoms. The summed E-state index contributed by atoms with van der Waals surface area (Å²) in [6.07, 6.45) is -0.765. The molecule has 1 N–H and O–H groups in total. The molecule has 1 aromatic rings. The van der Waals surface area contributed by atoms with E-state index in [1.54, 1.807) is 6.07 Å². The quantitative estimate of drug-likeness (QED) is 0.436. The van der Waals surface area contributed by atoms with Crippen LogP contribution in [0.15, 0.2) is 23.0 Å². The molecule has 11 atom stereocenters. The average Bonchev–Trinajstić information content (AvgIpc) is 3.28. The van der Waals surface area contributed by atoms with E-state index in [0.29, 0.717) is 31.8 Å². The van der Waals surface area contributed by atoms with Crippen molar-refractivity contribution >= 4 is 17.9 Å². The lowest BCUT2D eigenvalue weighted by atomic mass is 9.66. The van der Waals surface area contributed by atoms with E-state index in [2.05, 4.69) is 4.90 Å². The van der Waals surface area contributed by atoms with Crippen molar-refractivity contribution in [2.45, 2.75) is 83.8 Å². The summed E-state index contributed by atoms with van der Waals surface area (Å²) < 4.78 is 19.3. The number of aromatic nitrogens is 1. The van der Waals surface area contributed by atoms with Crippen LogP contribution in [0.1, 0.15) is 58.6 Å². The maximum atomic E-state index is 13.4. The van der Waals surface area contributed by atoms with E-state index >= 15 is 0 Å². The van der Waals surface area contributed by atoms with Crippen molar-refractivity contribution in [2.75, 3.05) is 19.6 Å². The fourth-order valence-electron chi connectivity index (χ4n) is 9.21. The zero-order valence-electron chi connectivity index (χ0n) is 23.7. The lowest BCUT2D eigenvalue weighted by molar-refractivity contribution is -0.165. The number of aliphatic hydroxyl groups is 1. The molecule has 10 nitrogen and oxygen atoms in total. The Bertz CT molecular complexity index is 1260. The lowest BCUT2D eigenvalue weighted by Gasteiger charge is -2.45. The topological polar surface area (TPSA) is 124 Å². The standard InChI is InChI=1S/C30H40N2O8/c1-15-8-22-26(28(36)30(4)24(39-17(3)34)10-23(27(15)30)38-16(2)33)20(29(37)40-22)14-31-11-18-9-19(13-31)21-6-5-7-25(35)32(21)12-18/h5-7,15,18-20,22-24,26-28,36H,8-14H2,1-4H3/t15-,18-,19+,20+,22+,23+,24+,26-,27+,28+,30-/m1/s1. The van der Waals surface area contributed by atoms with Gasteiger partial charge in [-0.05, 0) is 30.7 Å². The van der Waals surface area contributed by atoms with E-state index in [-0.39, 0.29) is 29.3 Å². The molecule has 0 aromatic carbocycles. The minimum absolute atomic E-state index is 0.0345. The number of pyridine rings is 1. The molecule has 2 saturated heterocycles. The van der Waals surface area contributed by atoms with Gasteiger partial charge in [0.25, 0.3) is 5.56 Å². The second kappa shape index (κ2) is 9.98. The lowest BCUT2D eigenvalue weighted by Crippen LogP contribution is -2.53. The molecule has 2 saturated carbocycles. The highest BCUT2D eigenvalue weighted by Crippen LogP contribution is 2.59. The minimum atomic E-state index is -1.00. The summed E-state index contributed by atoms with van der Waals surface area (Å²) in [5, 5.41) is 12.2. The SMILES string of the molecule is CC(=O)O[C@H]1C[C@H](OC(C)=O)[C@]2(C)[C@H]1[C@H](C)C[C@@H]1OC(=O)[C@@H](CN3C[C@H]4C[C@@H](C3)c3cccc(=O)n3C4)[C@H]1[C@@H]2O. The first-order valence-electron chi connectivity index (χ1n) is 14.6. The average molecular weight is 557 g/mol. The molecule has 5 aliphatic rings.